The Balaban J connectivity index is 0.892. The largest absolute Gasteiger partial charge is 0.256 e. The lowest BCUT2D eigenvalue weighted by atomic mass is 9.94. The molecule has 0 unspecified atom stereocenters. The topological polar surface area (TPSA) is 38.7 Å². The van der Waals surface area contributed by atoms with E-state index in [4.69, 9.17) is 9.97 Å². The predicted octanol–water partition coefficient (Wildman–Crippen LogP) is 13.8. The van der Waals surface area contributed by atoms with Crippen LogP contribution in [0, 0.1) is 0 Å². The highest BCUT2D eigenvalue weighted by Crippen LogP contribution is 2.51. The zero-order valence-corrected chi connectivity index (χ0v) is 30.2. The summed E-state index contributed by atoms with van der Waals surface area (Å²) >= 11 is 0. The zero-order chi connectivity index (χ0) is 36.7. The van der Waals surface area contributed by atoms with Crippen molar-refractivity contribution in [1.29, 1.82) is 0 Å². The first kappa shape index (κ1) is 30.9. The molecule has 0 saturated carbocycles. The monoisotopic (exact) mass is 709 g/mol. The SMILES string of the molecule is c1ccc(-c2ccc(-c3cc4c5c(cccc5c3)-c3cc(-c5cccc(-c6cc(-c7cc8c9c(cccc9c7)-c7ccccc7-8)ccn6)c5)ccc3-4)cn2)nc1. The molecule has 0 aliphatic heterocycles. The number of fused-ring (bicyclic) bond motifs is 6. The van der Waals surface area contributed by atoms with Crippen LogP contribution < -0.4 is 0 Å². The van der Waals surface area contributed by atoms with Crippen molar-refractivity contribution in [2.45, 2.75) is 0 Å². The van der Waals surface area contributed by atoms with Crippen molar-refractivity contribution >= 4 is 21.5 Å². The van der Waals surface area contributed by atoms with Crippen molar-refractivity contribution in [2.24, 2.45) is 0 Å². The molecule has 12 rings (SSSR count). The Morgan fingerprint density at radius 3 is 1.57 bits per heavy atom. The molecule has 0 amide bonds. The molecule has 7 aromatic carbocycles. The van der Waals surface area contributed by atoms with Crippen LogP contribution in [-0.2, 0) is 0 Å². The summed E-state index contributed by atoms with van der Waals surface area (Å²) in [7, 11) is 0. The van der Waals surface area contributed by atoms with Crippen LogP contribution in [0.25, 0.3) is 122 Å². The molecule has 0 bridgehead atoms. The fourth-order valence-electron chi connectivity index (χ4n) is 9.05. The van der Waals surface area contributed by atoms with E-state index in [1.807, 2.05) is 30.6 Å². The van der Waals surface area contributed by atoms with E-state index in [2.05, 4.69) is 157 Å². The van der Waals surface area contributed by atoms with Crippen molar-refractivity contribution in [3.05, 3.63) is 188 Å². The van der Waals surface area contributed by atoms with Gasteiger partial charge in [0.2, 0.25) is 0 Å². The Bertz CT molecular complexity index is 3240. The summed E-state index contributed by atoms with van der Waals surface area (Å²) in [6.07, 6.45) is 5.71. The van der Waals surface area contributed by atoms with Crippen molar-refractivity contribution in [2.75, 3.05) is 0 Å². The van der Waals surface area contributed by atoms with Crippen LogP contribution in [-0.4, -0.2) is 15.0 Å². The molecular weight excluding hydrogens is 679 g/mol. The lowest BCUT2D eigenvalue weighted by molar-refractivity contribution is 1.25. The maximum Gasteiger partial charge on any atom is 0.0886 e. The highest BCUT2D eigenvalue weighted by molar-refractivity contribution is 6.18. The third-order valence-electron chi connectivity index (χ3n) is 11.7. The van der Waals surface area contributed by atoms with E-state index in [-0.39, 0.29) is 0 Å². The summed E-state index contributed by atoms with van der Waals surface area (Å²) in [6.45, 7) is 0. The summed E-state index contributed by atoms with van der Waals surface area (Å²) in [5.74, 6) is 0. The van der Waals surface area contributed by atoms with Crippen molar-refractivity contribution in [1.82, 2.24) is 15.0 Å². The van der Waals surface area contributed by atoms with E-state index in [9.17, 15) is 0 Å². The predicted molar refractivity (Wildman–Crippen MR) is 231 cm³/mol. The summed E-state index contributed by atoms with van der Waals surface area (Å²) in [6, 6.07) is 61.6. The minimum atomic E-state index is 0.872. The van der Waals surface area contributed by atoms with Gasteiger partial charge in [-0.2, -0.15) is 0 Å². The van der Waals surface area contributed by atoms with Gasteiger partial charge in [0.15, 0.2) is 0 Å². The Labute approximate surface area is 324 Å². The average Bonchev–Trinajstić information content (AvgIpc) is 3.77. The number of benzene rings is 7. The molecule has 10 aromatic rings. The molecule has 258 valence electrons. The molecule has 2 aliphatic rings. The molecular formula is C53H31N3. The van der Waals surface area contributed by atoms with Gasteiger partial charge in [-0.25, -0.2) is 0 Å². The van der Waals surface area contributed by atoms with E-state index in [0.29, 0.717) is 0 Å². The van der Waals surface area contributed by atoms with Gasteiger partial charge in [-0.1, -0.05) is 103 Å². The molecule has 3 nitrogen and oxygen atoms in total. The number of aromatic nitrogens is 3. The summed E-state index contributed by atoms with van der Waals surface area (Å²) in [5, 5.41) is 5.16. The van der Waals surface area contributed by atoms with E-state index < -0.39 is 0 Å². The van der Waals surface area contributed by atoms with Gasteiger partial charge in [-0.3, -0.25) is 15.0 Å². The molecule has 0 radical (unpaired) electrons. The molecule has 56 heavy (non-hydrogen) atoms. The summed E-state index contributed by atoms with van der Waals surface area (Å²) < 4.78 is 0. The Morgan fingerprint density at radius 2 is 0.821 bits per heavy atom. The Morgan fingerprint density at radius 1 is 0.250 bits per heavy atom. The Hall–Kier alpha value is -7.49. The second kappa shape index (κ2) is 12.0. The van der Waals surface area contributed by atoms with E-state index in [1.165, 1.54) is 82.7 Å². The molecule has 3 heteroatoms. The van der Waals surface area contributed by atoms with Crippen molar-refractivity contribution < 1.29 is 0 Å². The minimum Gasteiger partial charge on any atom is -0.256 e. The van der Waals surface area contributed by atoms with Crippen LogP contribution in [0.5, 0.6) is 0 Å². The normalized spacial score (nSPS) is 11.9. The van der Waals surface area contributed by atoms with E-state index in [0.717, 1.165) is 39.3 Å². The van der Waals surface area contributed by atoms with Gasteiger partial charge >= 0.3 is 0 Å². The minimum absolute atomic E-state index is 0.872. The van der Waals surface area contributed by atoms with E-state index >= 15 is 0 Å². The fraction of sp³-hybridized carbons (Fsp3) is 0. The molecule has 0 atom stereocenters. The second-order valence-electron chi connectivity index (χ2n) is 14.8. The van der Waals surface area contributed by atoms with Gasteiger partial charge in [0.05, 0.1) is 17.1 Å². The zero-order valence-electron chi connectivity index (χ0n) is 30.2. The number of pyridine rings is 3. The molecule has 2 aliphatic carbocycles. The number of hydrogen-bond donors (Lipinski definition) is 0. The molecule has 3 aromatic heterocycles. The summed E-state index contributed by atoms with van der Waals surface area (Å²) in [4.78, 5) is 14.1. The molecule has 0 fully saturated rings. The maximum absolute atomic E-state index is 4.88. The van der Waals surface area contributed by atoms with Gasteiger partial charge in [0, 0.05) is 29.7 Å². The van der Waals surface area contributed by atoms with Crippen LogP contribution in [0.4, 0.5) is 0 Å². The first-order chi connectivity index (χ1) is 27.7. The van der Waals surface area contributed by atoms with Crippen molar-refractivity contribution in [3.8, 4) is 101 Å². The smallest absolute Gasteiger partial charge is 0.0886 e. The lowest BCUT2D eigenvalue weighted by Gasteiger charge is -2.11. The third-order valence-corrected chi connectivity index (χ3v) is 11.7. The maximum atomic E-state index is 4.88. The number of hydrogen-bond acceptors (Lipinski definition) is 3. The first-order valence-electron chi connectivity index (χ1n) is 19.1. The van der Waals surface area contributed by atoms with Crippen LogP contribution in [0.15, 0.2) is 188 Å². The quantitative estimate of drug-likeness (QED) is 0.179. The molecule has 0 N–H and O–H groups in total. The fourth-order valence-corrected chi connectivity index (χ4v) is 9.05. The number of nitrogens with zero attached hydrogens (tertiary/aromatic N) is 3. The highest BCUT2D eigenvalue weighted by atomic mass is 14.8. The molecule has 0 saturated heterocycles. The molecule has 3 heterocycles. The standard InChI is InChI=1S/C53H31N3/c1-2-13-42-41(12-1)44-14-6-10-36-25-39(28-47(42)52(36)44)34-21-23-55-51(30-34)35-9-5-8-32(24-35)33-17-19-43-46(27-33)45-15-7-11-37-26-40(29-48(43)53(37)45)38-18-20-50(56-31-38)49-16-3-4-22-54-49/h1-31H. The van der Waals surface area contributed by atoms with Gasteiger partial charge in [-0.05, 0) is 161 Å². The van der Waals surface area contributed by atoms with Gasteiger partial charge < -0.3 is 0 Å². The first-order valence-corrected chi connectivity index (χ1v) is 19.1. The highest BCUT2D eigenvalue weighted by Gasteiger charge is 2.24. The van der Waals surface area contributed by atoms with Crippen LogP contribution in [0.2, 0.25) is 0 Å². The van der Waals surface area contributed by atoms with Gasteiger partial charge in [0.1, 0.15) is 0 Å². The summed E-state index contributed by atoms with van der Waals surface area (Å²) in [5.41, 5.74) is 21.1. The lowest BCUT2D eigenvalue weighted by Crippen LogP contribution is -1.88. The average molecular weight is 710 g/mol. The molecule has 0 spiro atoms. The second-order valence-corrected chi connectivity index (χ2v) is 14.8. The number of rotatable bonds is 5. The van der Waals surface area contributed by atoms with E-state index in [1.54, 1.807) is 6.20 Å². The van der Waals surface area contributed by atoms with Gasteiger partial charge in [-0.15, -0.1) is 0 Å². The van der Waals surface area contributed by atoms with Crippen LogP contribution >= 0.6 is 0 Å². The van der Waals surface area contributed by atoms with Crippen LogP contribution in [0.3, 0.4) is 0 Å². The van der Waals surface area contributed by atoms with Crippen LogP contribution in [0.1, 0.15) is 0 Å². The third kappa shape index (κ3) is 4.74. The Kier molecular flexibility index (Phi) is 6.63. The van der Waals surface area contributed by atoms with Gasteiger partial charge in [0.25, 0.3) is 0 Å². The van der Waals surface area contributed by atoms with Crippen molar-refractivity contribution in [3.63, 3.8) is 0 Å².